The van der Waals surface area contributed by atoms with E-state index in [-0.39, 0.29) is 5.82 Å². The molecule has 1 aromatic carbocycles. The van der Waals surface area contributed by atoms with Crippen LogP contribution in [0.15, 0.2) is 55.0 Å². The Morgan fingerprint density at radius 1 is 1.19 bits per heavy atom. The minimum atomic E-state index is -0.496. The van der Waals surface area contributed by atoms with Gasteiger partial charge in [-0.3, -0.25) is 0 Å². The lowest BCUT2D eigenvalue weighted by Gasteiger charge is -2.08. The van der Waals surface area contributed by atoms with E-state index in [1.54, 1.807) is 27.7 Å². The van der Waals surface area contributed by atoms with E-state index in [0.717, 1.165) is 17.0 Å². The van der Waals surface area contributed by atoms with Crippen LogP contribution in [0.25, 0.3) is 16.9 Å². The van der Waals surface area contributed by atoms with E-state index in [9.17, 15) is 4.79 Å². The Kier molecular flexibility index (Phi) is 4.14. The predicted octanol–water partition coefficient (Wildman–Crippen LogP) is 3.08. The van der Waals surface area contributed by atoms with E-state index in [4.69, 9.17) is 21.3 Å². The molecule has 3 heterocycles. The fourth-order valence-electron chi connectivity index (χ4n) is 2.80. The summed E-state index contributed by atoms with van der Waals surface area (Å²) in [6, 6.07) is 11.1. The summed E-state index contributed by atoms with van der Waals surface area (Å²) in [6.07, 6.45) is 4.98. The van der Waals surface area contributed by atoms with Crippen LogP contribution in [0.5, 0.6) is 0 Å². The van der Waals surface area contributed by atoms with Crippen molar-refractivity contribution in [2.24, 2.45) is 0 Å². The van der Waals surface area contributed by atoms with Crippen LogP contribution in [0.1, 0.15) is 16.3 Å². The fraction of sp³-hybridized carbons (Fsp3) is 0.111. The Morgan fingerprint density at radius 3 is 2.77 bits per heavy atom. The molecule has 0 amide bonds. The van der Waals surface area contributed by atoms with Crippen molar-refractivity contribution in [1.29, 1.82) is 0 Å². The Morgan fingerprint density at radius 2 is 2.00 bits per heavy atom. The normalized spacial score (nSPS) is 11.0. The van der Waals surface area contributed by atoms with Crippen LogP contribution in [-0.4, -0.2) is 37.2 Å². The summed E-state index contributed by atoms with van der Waals surface area (Å²) in [5, 5.41) is 5.05. The van der Waals surface area contributed by atoms with Crippen molar-refractivity contribution in [3.05, 3.63) is 71.5 Å². The van der Waals surface area contributed by atoms with E-state index < -0.39 is 5.97 Å². The zero-order valence-corrected chi connectivity index (χ0v) is 14.6. The molecule has 0 bridgehead atoms. The summed E-state index contributed by atoms with van der Waals surface area (Å²) < 4.78 is 8.26. The second-order valence-electron chi connectivity index (χ2n) is 5.58. The second kappa shape index (κ2) is 6.61. The lowest BCUT2D eigenvalue weighted by Crippen LogP contribution is -2.14. The molecule has 0 aliphatic carbocycles. The molecule has 4 aromatic rings. The lowest BCUT2D eigenvalue weighted by atomic mass is 10.1. The quantitative estimate of drug-likeness (QED) is 0.518. The number of hydrogen-bond donors (Lipinski definition) is 0. The molecule has 0 spiro atoms. The SMILES string of the molecule is COC(=O)c1nccn1Cc1c(-c2ccc(Cl)cc2)nc2cccnn12. The maximum atomic E-state index is 11.9. The van der Waals surface area contributed by atoms with E-state index in [1.165, 1.54) is 7.11 Å². The molecule has 0 aliphatic rings. The van der Waals surface area contributed by atoms with Gasteiger partial charge in [0.1, 0.15) is 0 Å². The third-order valence-corrected chi connectivity index (χ3v) is 4.26. The first-order valence-corrected chi connectivity index (χ1v) is 8.23. The van der Waals surface area contributed by atoms with Gasteiger partial charge in [-0.15, -0.1) is 0 Å². The molecule has 3 aromatic heterocycles. The van der Waals surface area contributed by atoms with Crippen molar-refractivity contribution in [1.82, 2.24) is 24.1 Å². The molecule has 8 heteroatoms. The van der Waals surface area contributed by atoms with E-state index in [2.05, 4.69) is 10.1 Å². The zero-order valence-electron chi connectivity index (χ0n) is 13.8. The Labute approximate surface area is 153 Å². The largest absolute Gasteiger partial charge is 0.463 e. The van der Waals surface area contributed by atoms with Crippen LogP contribution in [0.3, 0.4) is 0 Å². The molecule has 130 valence electrons. The first kappa shape index (κ1) is 16.3. The number of imidazole rings is 2. The predicted molar refractivity (Wildman–Crippen MR) is 96.1 cm³/mol. The molecule has 0 saturated carbocycles. The van der Waals surface area contributed by atoms with Crippen LogP contribution >= 0.6 is 11.6 Å². The number of aromatic nitrogens is 5. The number of nitrogens with zero attached hydrogens (tertiary/aromatic N) is 5. The molecular weight excluding hydrogens is 354 g/mol. The van der Waals surface area contributed by atoms with Gasteiger partial charge in [-0.25, -0.2) is 19.3 Å². The van der Waals surface area contributed by atoms with Gasteiger partial charge < -0.3 is 9.30 Å². The van der Waals surface area contributed by atoms with Gasteiger partial charge in [0, 0.05) is 29.2 Å². The number of rotatable bonds is 4. The number of hydrogen-bond acceptors (Lipinski definition) is 5. The molecule has 0 saturated heterocycles. The molecule has 0 aliphatic heterocycles. The summed E-state index contributed by atoms with van der Waals surface area (Å²) in [6.45, 7) is 0.362. The smallest absolute Gasteiger partial charge is 0.374 e. The second-order valence-corrected chi connectivity index (χ2v) is 6.01. The van der Waals surface area contributed by atoms with Crippen LogP contribution < -0.4 is 0 Å². The number of carbonyl (C=O) groups excluding carboxylic acids is 1. The van der Waals surface area contributed by atoms with E-state index in [0.29, 0.717) is 17.2 Å². The van der Waals surface area contributed by atoms with Crippen molar-refractivity contribution in [3.63, 3.8) is 0 Å². The molecule has 26 heavy (non-hydrogen) atoms. The van der Waals surface area contributed by atoms with E-state index in [1.807, 2.05) is 36.4 Å². The highest BCUT2D eigenvalue weighted by atomic mass is 35.5. The number of carbonyl (C=O) groups is 1. The van der Waals surface area contributed by atoms with Gasteiger partial charge >= 0.3 is 5.97 Å². The van der Waals surface area contributed by atoms with Gasteiger partial charge in [-0.2, -0.15) is 5.10 Å². The number of methoxy groups -OCH3 is 1. The van der Waals surface area contributed by atoms with Gasteiger partial charge in [0.25, 0.3) is 0 Å². The fourth-order valence-corrected chi connectivity index (χ4v) is 2.92. The third-order valence-electron chi connectivity index (χ3n) is 4.01. The highest BCUT2D eigenvalue weighted by molar-refractivity contribution is 6.30. The van der Waals surface area contributed by atoms with Gasteiger partial charge in [0.2, 0.25) is 5.82 Å². The van der Waals surface area contributed by atoms with Gasteiger partial charge in [0.15, 0.2) is 5.65 Å². The Hall–Kier alpha value is -3.19. The standard InChI is InChI=1S/C18H14ClN5O2/c1-26-18(25)17-20-9-10-23(17)11-14-16(12-4-6-13(19)7-5-12)22-15-3-2-8-21-24(14)15/h2-10H,11H2,1H3. The minimum absolute atomic E-state index is 0.223. The maximum Gasteiger partial charge on any atom is 0.374 e. The number of esters is 1. The average molecular weight is 368 g/mol. The first-order valence-electron chi connectivity index (χ1n) is 7.85. The summed E-state index contributed by atoms with van der Waals surface area (Å²) >= 11 is 6.00. The molecule has 0 radical (unpaired) electrons. The molecule has 0 fully saturated rings. The third kappa shape index (κ3) is 2.82. The highest BCUT2D eigenvalue weighted by Crippen LogP contribution is 2.26. The van der Waals surface area contributed by atoms with Crippen LogP contribution in [-0.2, 0) is 11.3 Å². The number of fused-ring (bicyclic) bond motifs is 1. The lowest BCUT2D eigenvalue weighted by molar-refractivity contribution is 0.0581. The monoisotopic (exact) mass is 367 g/mol. The molecular formula is C18H14ClN5O2. The maximum absolute atomic E-state index is 11.9. The summed E-state index contributed by atoms with van der Waals surface area (Å²) in [5.41, 5.74) is 3.22. The number of benzene rings is 1. The zero-order chi connectivity index (χ0) is 18.1. The average Bonchev–Trinajstić information content (AvgIpc) is 3.27. The molecule has 0 atom stereocenters. The van der Waals surface area contributed by atoms with Crippen molar-refractivity contribution in [3.8, 4) is 11.3 Å². The molecule has 0 unspecified atom stereocenters. The topological polar surface area (TPSA) is 74.3 Å². The van der Waals surface area contributed by atoms with Crippen LogP contribution in [0.4, 0.5) is 0 Å². The van der Waals surface area contributed by atoms with Crippen molar-refractivity contribution in [2.75, 3.05) is 7.11 Å². The Balaban J connectivity index is 1.86. The van der Waals surface area contributed by atoms with Gasteiger partial charge in [-0.05, 0) is 24.3 Å². The van der Waals surface area contributed by atoms with Crippen molar-refractivity contribution >= 4 is 23.2 Å². The van der Waals surface area contributed by atoms with Crippen LogP contribution in [0, 0.1) is 0 Å². The van der Waals surface area contributed by atoms with E-state index >= 15 is 0 Å². The Bertz CT molecular complexity index is 1080. The molecule has 7 nitrogen and oxygen atoms in total. The number of ether oxygens (including phenoxy) is 1. The summed E-state index contributed by atoms with van der Waals surface area (Å²) in [4.78, 5) is 20.7. The van der Waals surface area contributed by atoms with Crippen LogP contribution in [0.2, 0.25) is 5.02 Å². The minimum Gasteiger partial charge on any atom is -0.463 e. The van der Waals surface area contributed by atoms with Crippen molar-refractivity contribution in [2.45, 2.75) is 6.54 Å². The number of halogens is 1. The van der Waals surface area contributed by atoms with Gasteiger partial charge in [0.05, 0.1) is 25.0 Å². The summed E-state index contributed by atoms with van der Waals surface area (Å²) in [5.74, 6) is -0.273. The first-order chi connectivity index (χ1) is 12.7. The van der Waals surface area contributed by atoms with Crippen molar-refractivity contribution < 1.29 is 9.53 Å². The molecule has 4 rings (SSSR count). The summed E-state index contributed by atoms with van der Waals surface area (Å²) in [7, 11) is 1.33. The highest BCUT2D eigenvalue weighted by Gasteiger charge is 2.19. The van der Waals surface area contributed by atoms with Gasteiger partial charge in [-0.1, -0.05) is 23.7 Å². The molecule has 0 N–H and O–H groups in total.